The third kappa shape index (κ3) is 3.22. The molecule has 1 fully saturated rings. The number of aromatic nitrogens is 2. The molecule has 2 rings (SSSR count). The van der Waals surface area contributed by atoms with Crippen LogP contribution < -0.4 is 15.6 Å². The van der Waals surface area contributed by atoms with E-state index in [9.17, 15) is 4.79 Å². The minimum absolute atomic E-state index is 0.249. The Balaban J connectivity index is 1.79. The lowest BCUT2D eigenvalue weighted by Gasteiger charge is -2.14. The highest BCUT2D eigenvalue weighted by molar-refractivity contribution is 5.47. The predicted molar refractivity (Wildman–Crippen MR) is 70.2 cm³/mol. The summed E-state index contributed by atoms with van der Waals surface area (Å²) in [5.41, 5.74) is -0.255. The lowest BCUT2D eigenvalue weighted by Crippen LogP contribution is -2.23. The molecule has 0 bridgehead atoms. The summed E-state index contributed by atoms with van der Waals surface area (Å²) >= 11 is 0. The van der Waals surface area contributed by atoms with E-state index < -0.39 is 0 Å². The van der Waals surface area contributed by atoms with E-state index in [0.717, 1.165) is 19.5 Å². The summed E-state index contributed by atoms with van der Waals surface area (Å²) in [6.07, 6.45) is 5.05. The number of rotatable bonds is 6. The zero-order valence-corrected chi connectivity index (χ0v) is 10.7. The van der Waals surface area contributed by atoms with Gasteiger partial charge < -0.3 is 19.9 Å². The smallest absolute Gasteiger partial charge is 0.295 e. The zero-order chi connectivity index (χ0) is 12.8. The van der Waals surface area contributed by atoms with Crippen LogP contribution >= 0.6 is 0 Å². The first-order chi connectivity index (χ1) is 8.81. The van der Waals surface area contributed by atoms with Gasteiger partial charge in [-0.25, -0.2) is 4.98 Å². The molecule has 1 aromatic rings. The summed E-state index contributed by atoms with van der Waals surface area (Å²) in [5.74, 6) is 0.765. The number of hydrogen-bond acceptors (Lipinski definition) is 5. The molecule has 18 heavy (non-hydrogen) atoms. The number of H-pyrrole nitrogens is 1. The Hall–Kier alpha value is -1.56. The molecule has 0 aliphatic carbocycles. The molecule has 1 aliphatic heterocycles. The summed E-state index contributed by atoms with van der Waals surface area (Å²) in [4.78, 5) is 20.5. The van der Waals surface area contributed by atoms with Gasteiger partial charge in [-0.05, 0) is 38.9 Å². The molecule has 0 atom stereocenters. The van der Waals surface area contributed by atoms with Gasteiger partial charge in [0.05, 0.1) is 13.4 Å². The van der Waals surface area contributed by atoms with Crippen molar-refractivity contribution in [3.8, 4) is 5.75 Å². The van der Waals surface area contributed by atoms with Crippen LogP contribution in [0.2, 0.25) is 0 Å². The van der Waals surface area contributed by atoms with Gasteiger partial charge in [0, 0.05) is 6.54 Å². The molecule has 1 aliphatic rings. The molecule has 1 saturated heterocycles. The van der Waals surface area contributed by atoms with Gasteiger partial charge in [0.2, 0.25) is 5.75 Å². The SMILES string of the molecule is COc1c(NCCCN2CCCC2)nc[nH]c1=O. The van der Waals surface area contributed by atoms with Gasteiger partial charge in [-0.15, -0.1) is 0 Å². The number of aromatic amines is 1. The van der Waals surface area contributed by atoms with Crippen molar-refractivity contribution in [3.05, 3.63) is 16.7 Å². The first-order valence-electron chi connectivity index (χ1n) is 6.39. The van der Waals surface area contributed by atoms with Gasteiger partial charge in [0.15, 0.2) is 5.82 Å². The average Bonchev–Trinajstić information content (AvgIpc) is 2.88. The largest absolute Gasteiger partial charge is 0.489 e. The van der Waals surface area contributed by atoms with Crippen molar-refractivity contribution in [3.63, 3.8) is 0 Å². The Morgan fingerprint density at radius 2 is 2.28 bits per heavy atom. The van der Waals surface area contributed by atoms with Crippen molar-refractivity contribution in [1.82, 2.24) is 14.9 Å². The first-order valence-corrected chi connectivity index (χ1v) is 6.39. The highest BCUT2D eigenvalue weighted by Gasteiger charge is 2.11. The molecule has 0 saturated carbocycles. The van der Waals surface area contributed by atoms with E-state index in [1.165, 1.54) is 39.4 Å². The van der Waals surface area contributed by atoms with Gasteiger partial charge in [-0.2, -0.15) is 0 Å². The standard InChI is InChI=1S/C12H20N4O2/c1-18-10-11(14-9-15-12(10)17)13-5-4-8-16-6-2-3-7-16/h9H,2-8H2,1H3,(H2,13,14,15,17). The minimum atomic E-state index is -0.255. The molecule has 2 heterocycles. The van der Waals surface area contributed by atoms with Crippen molar-refractivity contribution in [2.75, 3.05) is 38.6 Å². The van der Waals surface area contributed by atoms with E-state index in [2.05, 4.69) is 20.2 Å². The summed E-state index contributed by atoms with van der Waals surface area (Å²) in [6.45, 7) is 4.32. The van der Waals surface area contributed by atoms with Crippen molar-refractivity contribution in [2.45, 2.75) is 19.3 Å². The number of nitrogens with zero attached hydrogens (tertiary/aromatic N) is 2. The normalized spacial score (nSPS) is 15.8. The minimum Gasteiger partial charge on any atom is -0.489 e. The molecule has 2 N–H and O–H groups in total. The van der Waals surface area contributed by atoms with Gasteiger partial charge in [-0.3, -0.25) is 4.79 Å². The Morgan fingerprint density at radius 1 is 1.50 bits per heavy atom. The summed E-state index contributed by atoms with van der Waals surface area (Å²) < 4.78 is 5.03. The molecule has 6 heteroatoms. The Kier molecular flexibility index (Phi) is 4.58. The van der Waals surface area contributed by atoms with Crippen LogP contribution in [-0.4, -0.2) is 48.2 Å². The van der Waals surface area contributed by atoms with Crippen molar-refractivity contribution >= 4 is 5.82 Å². The van der Waals surface area contributed by atoms with Crippen LogP contribution in [0.3, 0.4) is 0 Å². The predicted octanol–water partition coefficient (Wildman–Crippen LogP) is 0.676. The number of hydrogen-bond donors (Lipinski definition) is 2. The molecule has 0 unspecified atom stereocenters. The first kappa shape index (κ1) is 12.9. The molecule has 1 aromatic heterocycles. The summed E-state index contributed by atoms with van der Waals surface area (Å²) in [5, 5.41) is 3.15. The second-order valence-electron chi connectivity index (χ2n) is 4.44. The van der Waals surface area contributed by atoms with Crippen molar-refractivity contribution in [1.29, 1.82) is 0 Å². The third-order valence-electron chi connectivity index (χ3n) is 3.16. The second-order valence-corrected chi connectivity index (χ2v) is 4.44. The molecular weight excluding hydrogens is 232 g/mol. The van der Waals surface area contributed by atoms with Crippen molar-refractivity contribution < 1.29 is 4.74 Å². The van der Waals surface area contributed by atoms with E-state index in [4.69, 9.17) is 4.74 Å². The van der Waals surface area contributed by atoms with Gasteiger partial charge in [-0.1, -0.05) is 0 Å². The van der Waals surface area contributed by atoms with E-state index in [1.54, 1.807) is 0 Å². The number of anilines is 1. The lowest BCUT2D eigenvalue weighted by atomic mass is 10.4. The Morgan fingerprint density at radius 3 is 3.00 bits per heavy atom. The van der Waals surface area contributed by atoms with E-state index in [-0.39, 0.29) is 11.3 Å². The molecule has 6 nitrogen and oxygen atoms in total. The Labute approximate surface area is 106 Å². The lowest BCUT2D eigenvalue weighted by molar-refractivity contribution is 0.337. The van der Waals surface area contributed by atoms with Gasteiger partial charge in [0.25, 0.3) is 5.56 Å². The molecular formula is C12H20N4O2. The fourth-order valence-electron chi connectivity index (χ4n) is 2.22. The molecule has 0 amide bonds. The fourth-order valence-corrected chi connectivity index (χ4v) is 2.22. The van der Waals surface area contributed by atoms with Crippen LogP contribution in [0.5, 0.6) is 5.75 Å². The molecule has 0 spiro atoms. The van der Waals surface area contributed by atoms with Crippen molar-refractivity contribution in [2.24, 2.45) is 0 Å². The van der Waals surface area contributed by atoms with Crippen LogP contribution in [0, 0.1) is 0 Å². The average molecular weight is 252 g/mol. The van der Waals surface area contributed by atoms with Crippen LogP contribution in [-0.2, 0) is 0 Å². The molecule has 100 valence electrons. The van der Waals surface area contributed by atoms with Crippen LogP contribution in [0.1, 0.15) is 19.3 Å². The highest BCUT2D eigenvalue weighted by atomic mass is 16.5. The molecule has 0 radical (unpaired) electrons. The summed E-state index contributed by atoms with van der Waals surface area (Å²) in [7, 11) is 1.47. The maximum Gasteiger partial charge on any atom is 0.295 e. The number of nitrogens with one attached hydrogen (secondary N) is 2. The zero-order valence-electron chi connectivity index (χ0n) is 10.7. The number of likely N-dealkylation sites (tertiary alicyclic amines) is 1. The number of ether oxygens (including phenoxy) is 1. The van der Waals surface area contributed by atoms with E-state index in [0.29, 0.717) is 5.82 Å². The molecule has 0 aromatic carbocycles. The van der Waals surface area contributed by atoms with E-state index in [1.807, 2.05) is 0 Å². The van der Waals surface area contributed by atoms with E-state index >= 15 is 0 Å². The highest BCUT2D eigenvalue weighted by Crippen LogP contribution is 2.14. The maximum absolute atomic E-state index is 11.4. The number of methoxy groups -OCH3 is 1. The summed E-state index contributed by atoms with van der Waals surface area (Å²) in [6, 6.07) is 0. The van der Waals surface area contributed by atoms with Gasteiger partial charge >= 0.3 is 0 Å². The second kappa shape index (κ2) is 6.39. The quantitative estimate of drug-likeness (QED) is 0.728. The van der Waals surface area contributed by atoms with Gasteiger partial charge in [0.1, 0.15) is 0 Å². The van der Waals surface area contributed by atoms with Crippen LogP contribution in [0.4, 0.5) is 5.82 Å². The topological polar surface area (TPSA) is 70.2 Å². The van der Waals surface area contributed by atoms with Crippen LogP contribution in [0.15, 0.2) is 11.1 Å². The van der Waals surface area contributed by atoms with Crippen LogP contribution in [0.25, 0.3) is 0 Å². The maximum atomic E-state index is 11.4. The monoisotopic (exact) mass is 252 g/mol. The Bertz CT molecular complexity index is 426. The fraction of sp³-hybridized carbons (Fsp3) is 0.667. The third-order valence-corrected chi connectivity index (χ3v) is 3.16.